The van der Waals surface area contributed by atoms with Crippen LogP contribution in [0.3, 0.4) is 0 Å². The Morgan fingerprint density at radius 2 is 1.66 bits per heavy atom. The number of aryl methyl sites for hydroxylation is 1. The number of hydrogen-bond acceptors (Lipinski definition) is 4. The minimum absolute atomic E-state index is 0.346. The van der Waals surface area contributed by atoms with Gasteiger partial charge in [0.2, 0.25) is 11.8 Å². The van der Waals surface area contributed by atoms with Crippen LogP contribution < -0.4 is 15.5 Å². The molecule has 4 aromatic rings. The van der Waals surface area contributed by atoms with Gasteiger partial charge in [-0.1, -0.05) is 72.3 Å². The first-order chi connectivity index (χ1) is 17.0. The zero-order valence-electron chi connectivity index (χ0n) is 19.1. The maximum absolute atomic E-state index is 12.3. The quantitative estimate of drug-likeness (QED) is 0.186. The molecule has 0 atom stereocenters. The monoisotopic (exact) mass is 485 g/mol. The van der Waals surface area contributed by atoms with Gasteiger partial charge >= 0.3 is 0 Å². The summed E-state index contributed by atoms with van der Waals surface area (Å²) in [5.41, 5.74) is 5.72. The highest BCUT2D eigenvalue weighted by molar-refractivity contribution is 6.30. The van der Waals surface area contributed by atoms with E-state index in [2.05, 4.69) is 15.8 Å². The van der Waals surface area contributed by atoms with Gasteiger partial charge in [0.25, 0.3) is 0 Å². The smallest absolute Gasteiger partial charge is 0.249 e. The van der Waals surface area contributed by atoms with E-state index in [0.29, 0.717) is 23.1 Å². The van der Waals surface area contributed by atoms with Gasteiger partial charge in [-0.05, 0) is 53.1 Å². The molecule has 0 aromatic heterocycles. The summed E-state index contributed by atoms with van der Waals surface area (Å²) in [4.78, 5) is 24.5. The Balaban J connectivity index is 1.44. The predicted molar refractivity (Wildman–Crippen MR) is 140 cm³/mol. The molecule has 0 saturated carbocycles. The Labute approximate surface area is 208 Å². The number of nitrogens with zero attached hydrogens (tertiary/aromatic N) is 1. The van der Waals surface area contributed by atoms with Crippen molar-refractivity contribution in [3.63, 3.8) is 0 Å². The Bertz CT molecular complexity index is 1380. The van der Waals surface area contributed by atoms with Crippen LogP contribution in [0.5, 0.6) is 5.75 Å². The largest absolute Gasteiger partial charge is 0.488 e. The second-order valence-corrected chi connectivity index (χ2v) is 8.38. The van der Waals surface area contributed by atoms with Gasteiger partial charge in [-0.3, -0.25) is 9.59 Å². The number of rotatable bonds is 8. The molecule has 0 aliphatic rings. The lowest BCUT2D eigenvalue weighted by molar-refractivity contribution is -0.126. The first-order valence-electron chi connectivity index (χ1n) is 11.1. The van der Waals surface area contributed by atoms with Crippen molar-refractivity contribution in [2.24, 2.45) is 5.10 Å². The SMILES string of the molecule is Cc1ccccc1NC(=O)CC(=O)NN=Cc1c(OCc2ccc(Cl)cc2)ccc2ccccc12. The number of amides is 2. The van der Waals surface area contributed by atoms with Crippen molar-refractivity contribution in [2.45, 2.75) is 20.0 Å². The van der Waals surface area contributed by atoms with E-state index < -0.39 is 11.8 Å². The summed E-state index contributed by atoms with van der Waals surface area (Å²) < 4.78 is 6.06. The lowest BCUT2D eigenvalue weighted by atomic mass is 10.0. The average molecular weight is 486 g/mol. The molecule has 176 valence electrons. The number of nitrogens with one attached hydrogen (secondary N) is 2. The minimum atomic E-state index is -0.517. The van der Waals surface area contributed by atoms with Gasteiger partial charge in [-0.15, -0.1) is 0 Å². The minimum Gasteiger partial charge on any atom is -0.488 e. The third-order valence-electron chi connectivity index (χ3n) is 5.36. The lowest BCUT2D eigenvalue weighted by Crippen LogP contribution is -2.24. The molecule has 0 aliphatic heterocycles. The van der Waals surface area contributed by atoms with Crippen LogP contribution in [0.25, 0.3) is 10.8 Å². The first-order valence-corrected chi connectivity index (χ1v) is 11.4. The predicted octanol–water partition coefficient (Wildman–Crippen LogP) is 5.86. The maximum Gasteiger partial charge on any atom is 0.249 e. The summed E-state index contributed by atoms with van der Waals surface area (Å²) in [6.07, 6.45) is 1.19. The Morgan fingerprint density at radius 1 is 0.914 bits per heavy atom. The summed E-state index contributed by atoms with van der Waals surface area (Å²) >= 11 is 5.96. The Hall–Kier alpha value is -4.16. The molecule has 0 saturated heterocycles. The van der Waals surface area contributed by atoms with Crippen molar-refractivity contribution >= 4 is 46.1 Å². The number of para-hydroxylation sites is 1. The number of carbonyl (C=O) groups is 2. The van der Waals surface area contributed by atoms with Crippen molar-refractivity contribution in [3.8, 4) is 5.75 Å². The molecule has 4 rings (SSSR count). The van der Waals surface area contributed by atoms with Crippen LogP contribution in [0.2, 0.25) is 5.02 Å². The average Bonchev–Trinajstić information content (AvgIpc) is 2.85. The van der Waals surface area contributed by atoms with E-state index in [0.717, 1.165) is 27.5 Å². The molecule has 35 heavy (non-hydrogen) atoms. The second kappa shape index (κ2) is 11.3. The van der Waals surface area contributed by atoms with E-state index in [1.165, 1.54) is 6.21 Å². The number of anilines is 1. The fourth-order valence-corrected chi connectivity index (χ4v) is 3.66. The molecular weight excluding hydrogens is 462 g/mol. The summed E-state index contributed by atoms with van der Waals surface area (Å²) in [7, 11) is 0. The van der Waals surface area contributed by atoms with Crippen LogP contribution in [-0.2, 0) is 16.2 Å². The number of benzene rings is 4. The molecule has 6 nitrogen and oxygen atoms in total. The standard InChI is InChI=1S/C28H24ClN3O3/c1-19-6-2-5-9-25(19)31-27(33)16-28(34)32-30-17-24-23-8-4-3-7-21(23)12-15-26(24)35-18-20-10-13-22(29)14-11-20/h2-15,17H,16,18H2,1H3,(H,31,33)(H,32,34). The van der Waals surface area contributed by atoms with Gasteiger partial charge in [0.15, 0.2) is 0 Å². The molecule has 0 bridgehead atoms. The van der Waals surface area contributed by atoms with Gasteiger partial charge in [0.05, 0.1) is 6.21 Å². The topological polar surface area (TPSA) is 79.8 Å². The lowest BCUT2D eigenvalue weighted by Gasteiger charge is -2.12. The van der Waals surface area contributed by atoms with Crippen molar-refractivity contribution in [2.75, 3.05) is 5.32 Å². The van der Waals surface area contributed by atoms with Crippen molar-refractivity contribution in [1.29, 1.82) is 0 Å². The Morgan fingerprint density at radius 3 is 2.46 bits per heavy atom. The highest BCUT2D eigenvalue weighted by Gasteiger charge is 2.11. The number of ether oxygens (including phenoxy) is 1. The zero-order valence-corrected chi connectivity index (χ0v) is 19.9. The first kappa shape index (κ1) is 24.0. The van der Waals surface area contributed by atoms with Gasteiger partial charge in [0.1, 0.15) is 18.8 Å². The fourth-order valence-electron chi connectivity index (χ4n) is 3.54. The molecule has 0 spiro atoms. The summed E-state index contributed by atoms with van der Waals surface area (Å²) in [6.45, 7) is 2.23. The molecule has 4 aromatic carbocycles. The molecular formula is C28H24ClN3O3. The highest BCUT2D eigenvalue weighted by Crippen LogP contribution is 2.27. The molecule has 0 aliphatic carbocycles. The van der Waals surface area contributed by atoms with Crippen molar-refractivity contribution < 1.29 is 14.3 Å². The van der Waals surface area contributed by atoms with E-state index in [-0.39, 0.29) is 6.42 Å². The molecule has 0 heterocycles. The number of carbonyl (C=O) groups excluding carboxylic acids is 2. The zero-order chi connectivity index (χ0) is 24.6. The van der Waals surface area contributed by atoms with E-state index in [4.69, 9.17) is 16.3 Å². The van der Waals surface area contributed by atoms with Crippen LogP contribution >= 0.6 is 11.6 Å². The van der Waals surface area contributed by atoms with Crippen LogP contribution in [0.4, 0.5) is 5.69 Å². The molecule has 0 radical (unpaired) electrons. The number of halogens is 1. The molecule has 0 unspecified atom stereocenters. The van der Waals surface area contributed by atoms with Crippen molar-refractivity contribution in [1.82, 2.24) is 5.43 Å². The number of hydrogen-bond donors (Lipinski definition) is 2. The van der Waals surface area contributed by atoms with Gasteiger partial charge in [-0.2, -0.15) is 5.10 Å². The normalized spacial score (nSPS) is 10.9. The van der Waals surface area contributed by atoms with E-state index >= 15 is 0 Å². The van der Waals surface area contributed by atoms with Crippen LogP contribution in [0.15, 0.2) is 90.0 Å². The third-order valence-corrected chi connectivity index (χ3v) is 5.61. The van der Waals surface area contributed by atoms with Crippen LogP contribution in [0, 0.1) is 6.92 Å². The molecule has 2 N–H and O–H groups in total. The van der Waals surface area contributed by atoms with Crippen LogP contribution in [0.1, 0.15) is 23.1 Å². The van der Waals surface area contributed by atoms with Gasteiger partial charge in [0, 0.05) is 16.3 Å². The van der Waals surface area contributed by atoms with Gasteiger partial charge in [-0.25, -0.2) is 5.43 Å². The molecule has 2 amide bonds. The van der Waals surface area contributed by atoms with E-state index in [9.17, 15) is 9.59 Å². The van der Waals surface area contributed by atoms with E-state index in [1.807, 2.05) is 85.8 Å². The van der Waals surface area contributed by atoms with Gasteiger partial charge < -0.3 is 10.1 Å². The van der Waals surface area contributed by atoms with E-state index in [1.54, 1.807) is 6.07 Å². The highest BCUT2D eigenvalue weighted by atomic mass is 35.5. The number of fused-ring (bicyclic) bond motifs is 1. The second-order valence-electron chi connectivity index (χ2n) is 7.95. The fraction of sp³-hybridized carbons (Fsp3) is 0.107. The third kappa shape index (κ3) is 6.46. The summed E-state index contributed by atoms with van der Waals surface area (Å²) in [6, 6.07) is 26.5. The maximum atomic E-state index is 12.3. The Kier molecular flexibility index (Phi) is 7.75. The summed E-state index contributed by atoms with van der Waals surface area (Å²) in [5.74, 6) is -0.311. The molecule has 0 fully saturated rings. The number of hydrazone groups is 1. The van der Waals surface area contributed by atoms with Crippen LogP contribution in [-0.4, -0.2) is 18.0 Å². The molecule has 7 heteroatoms. The summed E-state index contributed by atoms with van der Waals surface area (Å²) in [5, 5.41) is 9.43. The van der Waals surface area contributed by atoms with Crippen molar-refractivity contribution in [3.05, 3.63) is 107 Å².